The highest BCUT2D eigenvalue weighted by molar-refractivity contribution is 7.18. The van der Waals surface area contributed by atoms with E-state index < -0.39 is 0 Å². The molecule has 0 saturated carbocycles. The van der Waals surface area contributed by atoms with Crippen LogP contribution in [-0.4, -0.2) is 35.5 Å². The Morgan fingerprint density at radius 3 is 2.81 bits per heavy atom. The number of fused-ring (bicyclic) bond motifs is 1. The summed E-state index contributed by atoms with van der Waals surface area (Å²) in [5.74, 6) is 1.13. The van der Waals surface area contributed by atoms with Crippen LogP contribution in [0.2, 0.25) is 0 Å². The molecule has 140 valence electrons. The van der Waals surface area contributed by atoms with Crippen molar-refractivity contribution < 1.29 is 9.53 Å². The van der Waals surface area contributed by atoms with Gasteiger partial charge in [0, 0.05) is 19.0 Å². The summed E-state index contributed by atoms with van der Waals surface area (Å²) >= 11 is 1.75. The predicted molar refractivity (Wildman–Crippen MR) is 109 cm³/mol. The second kappa shape index (κ2) is 8.09. The predicted octanol–water partition coefficient (Wildman–Crippen LogP) is 4.64. The van der Waals surface area contributed by atoms with E-state index in [1.807, 2.05) is 41.3 Å². The second-order valence-corrected chi connectivity index (χ2v) is 8.05. The first-order valence-electron chi connectivity index (χ1n) is 9.58. The van der Waals surface area contributed by atoms with Crippen molar-refractivity contribution in [3.8, 4) is 5.75 Å². The third-order valence-electron chi connectivity index (χ3n) is 5.13. The van der Waals surface area contributed by atoms with Gasteiger partial charge in [-0.1, -0.05) is 31.2 Å². The largest absolute Gasteiger partial charge is 0.484 e. The van der Waals surface area contributed by atoms with Crippen molar-refractivity contribution in [1.82, 2.24) is 9.88 Å². The lowest BCUT2D eigenvalue weighted by Crippen LogP contribution is -2.41. The first kappa shape index (κ1) is 18.0. The lowest BCUT2D eigenvalue weighted by atomic mass is 9.99. The fourth-order valence-corrected chi connectivity index (χ4v) is 4.62. The summed E-state index contributed by atoms with van der Waals surface area (Å²) in [6.45, 7) is 3.75. The van der Waals surface area contributed by atoms with Crippen LogP contribution in [0.3, 0.4) is 0 Å². The average molecular weight is 381 g/mol. The smallest absolute Gasteiger partial charge is 0.260 e. The highest BCUT2D eigenvalue weighted by Crippen LogP contribution is 2.33. The molecule has 1 aliphatic heterocycles. The van der Waals surface area contributed by atoms with Crippen LogP contribution in [0, 0.1) is 0 Å². The van der Waals surface area contributed by atoms with Crippen molar-refractivity contribution >= 4 is 27.5 Å². The van der Waals surface area contributed by atoms with Crippen LogP contribution in [0.4, 0.5) is 0 Å². The van der Waals surface area contributed by atoms with Gasteiger partial charge in [-0.2, -0.15) is 0 Å². The third-order valence-corrected chi connectivity index (χ3v) is 6.33. The van der Waals surface area contributed by atoms with Gasteiger partial charge in [0.2, 0.25) is 0 Å². The number of benzene rings is 2. The topological polar surface area (TPSA) is 42.4 Å². The molecule has 0 spiro atoms. The van der Waals surface area contributed by atoms with Crippen LogP contribution in [0.5, 0.6) is 5.75 Å². The molecule has 2 aromatic carbocycles. The molecule has 1 amide bonds. The first-order valence-corrected chi connectivity index (χ1v) is 10.4. The Kier molecular flexibility index (Phi) is 5.39. The van der Waals surface area contributed by atoms with Gasteiger partial charge in [-0.05, 0) is 49.1 Å². The zero-order valence-corrected chi connectivity index (χ0v) is 16.4. The monoisotopic (exact) mass is 380 g/mol. The van der Waals surface area contributed by atoms with Gasteiger partial charge in [-0.25, -0.2) is 4.98 Å². The fraction of sp³-hybridized carbons (Fsp3) is 0.364. The zero-order chi connectivity index (χ0) is 18.6. The van der Waals surface area contributed by atoms with Crippen LogP contribution < -0.4 is 4.74 Å². The maximum Gasteiger partial charge on any atom is 0.260 e. The van der Waals surface area contributed by atoms with Crippen LogP contribution in [0.25, 0.3) is 10.2 Å². The Hall–Kier alpha value is -2.40. The number of para-hydroxylation sites is 1. The molecule has 0 bridgehead atoms. The van der Waals surface area contributed by atoms with E-state index >= 15 is 0 Å². The van der Waals surface area contributed by atoms with E-state index in [1.54, 1.807) is 11.3 Å². The summed E-state index contributed by atoms with van der Waals surface area (Å²) in [5.41, 5.74) is 2.32. The van der Waals surface area contributed by atoms with E-state index in [1.165, 1.54) is 10.3 Å². The van der Waals surface area contributed by atoms with Crippen LogP contribution in [-0.2, 0) is 11.2 Å². The van der Waals surface area contributed by atoms with E-state index in [0.29, 0.717) is 5.92 Å². The Balaban J connectivity index is 1.37. The van der Waals surface area contributed by atoms with Crippen molar-refractivity contribution in [3.63, 3.8) is 0 Å². The SMILES string of the molecule is CCc1ccc(OCC(=O)N2CCC[C@H](c3nc4ccccc4s3)C2)cc1. The molecule has 1 fully saturated rings. The Bertz CT molecular complexity index is 886. The summed E-state index contributed by atoms with van der Waals surface area (Å²) in [6, 6.07) is 16.2. The molecule has 0 aliphatic carbocycles. The first-order chi connectivity index (χ1) is 13.2. The average Bonchev–Trinajstić information content (AvgIpc) is 3.17. The number of aromatic nitrogens is 1. The molecule has 4 rings (SSSR count). The zero-order valence-electron chi connectivity index (χ0n) is 15.6. The number of likely N-dealkylation sites (tertiary alicyclic amines) is 1. The molecule has 0 radical (unpaired) electrons. The molecular weight excluding hydrogens is 356 g/mol. The number of carbonyl (C=O) groups excluding carboxylic acids is 1. The molecule has 1 aromatic heterocycles. The minimum absolute atomic E-state index is 0.0559. The maximum absolute atomic E-state index is 12.6. The third kappa shape index (κ3) is 4.14. The lowest BCUT2D eigenvalue weighted by Gasteiger charge is -2.31. The number of hydrogen-bond donors (Lipinski definition) is 0. The van der Waals surface area contributed by atoms with Crippen molar-refractivity contribution in [1.29, 1.82) is 0 Å². The minimum atomic E-state index is 0.0559. The molecule has 0 unspecified atom stereocenters. The summed E-state index contributed by atoms with van der Waals surface area (Å²) < 4.78 is 6.92. The number of rotatable bonds is 5. The molecule has 3 aromatic rings. The van der Waals surface area contributed by atoms with Crippen molar-refractivity contribution in [3.05, 3.63) is 59.1 Å². The van der Waals surface area contributed by atoms with Crippen LogP contribution in [0.15, 0.2) is 48.5 Å². The van der Waals surface area contributed by atoms with Gasteiger partial charge in [0.25, 0.3) is 5.91 Å². The Morgan fingerprint density at radius 1 is 1.22 bits per heavy atom. The van der Waals surface area contributed by atoms with Gasteiger partial charge in [-0.15, -0.1) is 11.3 Å². The standard InChI is InChI=1S/C22H24N2O2S/c1-2-16-9-11-18(12-10-16)26-15-21(25)24-13-5-6-17(14-24)22-23-19-7-3-4-8-20(19)27-22/h3-4,7-12,17H,2,5-6,13-15H2,1H3/t17-/m0/s1. The molecule has 4 nitrogen and oxygen atoms in total. The number of thiazole rings is 1. The Labute approximate surface area is 163 Å². The molecule has 2 heterocycles. The summed E-state index contributed by atoms with van der Waals surface area (Å²) in [6.07, 6.45) is 3.10. The fourth-order valence-electron chi connectivity index (χ4n) is 3.53. The van der Waals surface area contributed by atoms with E-state index in [-0.39, 0.29) is 12.5 Å². The summed E-state index contributed by atoms with van der Waals surface area (Å²) in [7, 11) is 0. The number of nitrogens with zero attached hydrogens (tertiary/aromatic N) is 2. The number of piperidine rings is 1. The lowest BCUT2D eigenvalue weighted by molar-refractivity contribution is -0.134. The van der Waals surface area contributed by atoms with E-state index in [2.05, 4.69) is 19.1 Å². The molecule has 0 N–H and O–H groups in total. The van der Waals surface area contributed by atoms with Gasteiger partial charge in [0.05, 0.1) is 15.2 Å². The normalized spacial score (nSPS) is 17.2. The molecular formula is C22H24N2O2S. The Morgan fingerprint density at radius 2 is 2.04 bits per heavy atom. The van der Waals surface area contributed by atoms with Gasteiger partial charge >= 0.3 is 0 Å². The van der Waals surface area contributed by atoms with Crippen molar-refractivity contribution in [2.24, 2.45) is 0 Å². The van der Waals surface area contributed by atoms with E-state index in [9.17, 15) is 4.79 Å². The summed E-state index contributed by atoms with van der Waals surface area (Å²) in [5, 5.41) is 1.14. The van der Waals surface area contributed by atoms with Gasteiger partial charge < -0.3 is 9.64 Å². The van der Waals surface area contributed by atoms with Gasteiger partial charge in [0.15, 0.2) is 6.61 Å². The number of carbonyl (C=O) groups is 1. The molecule has 1 saturated heterocycles. The van der Waals surface area contributed by atoms with Crippen molar-refractivity contribution in [2.75, 3.05) is 19.7 Å². The minimum Gasteiger partial charge on any atom is -0.484 e. The molecule has 5 heteroatoms. The highest BCUT2D eigenvalue weighted by Gasteiger charge is 2.27. The molecule has 1 aliphatic rings. The van der Waals surface area contributed by atoms with Gasteiger partial charge in [-0.3, -0.25) is 4.79 Å². The maximum atomic E-state index is 12.6. The van der Waals surface area contributed by atoms with Crippen LogP contribution in [0.1, 0.15) is 36.3 Å². The summed E-state index contributed by atoms with van der Waals surface area (Å²) in [4.78, 5) is 19.3. The van der Waals surface area contributed by atoms with E-state index in [0.717, 1.165) is 48.6 Å². The number of aryl methyl sites for hydroxylation is 1. The quantitative estimate of drug-likeness (QED) is 0.647. The van der Waals surface area contributed by atoms with Gasteiger partial charge in [0.1, 0.15) is 5.75 Å². The molecule has 27 heavy (non-hydrogen) atoms. The number of ether oxygens (including phenoxy) is 1. The second-order valence-electron chi connectivity index (χ2n) is 6.98. The number of hydrogen-bond acceptors (Lipinski definition) is 4. The number of amides is 1. The van der Waals surface area contributed by atoms with Crippen molar-refractivity contribution in [2.45, 2.75) is 32.1 Å². The highest BCUT2D eigenvalue weighted by atomic mass is 32.1. The molecule has 1 atom stereocenters. The van der Waals surface area contributed by atoms with E-state index in [4.69, 9.17) is 9.72 Å². The van der Waals surface area contributed by atoms with Crippen LogP contribution >= 0.6 is 11.3 Å².